The van der Waals surface area contributed by atoms with Crippen molar-refractivity contribution in [2.45, 2.75) is 78.4 Å². The standard InChI is InChI=1S/C34H45N3O4S/c1-8-26(3)35-33(39)31(22-27-14-10-9-11-15-27)36(23-28-16-12-13-25(2)21-28)32(38)24-37(42(7,40)41)30-19-17-29(18-20-30)34(4,5)6/h9-21,26,31H,8,22-24H2,1-7H3,(H,35,39)/t26-,31+/m1/s1. The van der Waals surface area contributed by atoms with Gasteiger partial charge in [0.15, 0.2) is 0 Å². The van der Waals surface area contributed by atoms with Crippen molar-refractivity contribution in [3.05, 3.63) is 101 Å². The van der Waals surface area contributed by atoms with Crippen molar-refractivity contribution in [2.75, 3.05) is 17.1 Å². The predicted molar refractivity (Wildman–Crippen MR) is 171 cm³/mol. The molecule has 0 aliphatic rings. The first-order valence-corrected chi connectivity index (χ1v) is 16.3. The number of nitrogens with zero attached hydrogens (tertiary/aromatic N) is 2. The van der Waals surface area contributed by atoms with Gasteiger partial charge in [-0.15, -0.1) is 0 Å². The van der Waals surface area contributed by atoms with Crippen LogP contribution in [0.15, 0.2) is 78.9 Å². The summed E-state index contributed by atoms with van der Waals surface area (Å²) in [6, 6.07) is 23.7. The van der Waals surface area contributed by atoms with Crippen LogP contribution >= 0.6 is 0 Å². The van der Waals surface area contributed by atoms with E-state index >= 15 is 0 Å². The van der Waals surface area contributed by atoms with Crippen molar-refractivity contribution in [3.8, 4) is 0 Å². The SMILES string of the molecule is CC[C@@H](C)NC(=O)[C@H](Cc1ccccc1)N(Cc1cccc(C)c1)C(=O)CN(c1ccc(C(C)(C)C)cc1)S(C)(=O)=O. The molecule has 0 radical (unpaired) electrons. The third-order valence-electron chi connectivity index (χ3n) is 7.41. The smallest absolute Gasteiger partial charge is 0.244 e. The van der Waals surface area contributed by atoms with Gasteiger partial charge in [0.05, 0.1) is 11.9 Å². The van der Waals surface area contributed by atoms with Crippen LogP contribution in [-0.4, -0.2) is 50.0 Å². The second-order valence-corrected chi connectivity index (χ2v) is 14.0. The molecule has 0 spiro atoms. The van der Waals surface area contributed by atoms with E-state index in [1.54, 1.807) is 12.1 Å². The Morgan fingerprint density at radius 3 is 2.07 bits per heavy atom. The number of hydrogen-bond acceptors (Lipinski definition) is 4. The number of hydrogen-bond donors (Lipinski definition) is 1. The Balaban J connectivity index is 2.06. The molecule has 0 fully saturated rings. The largest absolute Gasteiger partial charge is 0.352 e. The van der Waals surface area contributed by atoms with Crippen molar-refractivity contribution in [2.24, 2.45) is 0 Å². The number of carbonyl (C=O) groups excluding carboxylic acids is 2. The van der Waals surface area contributed by atoms with Gasteiger partial charge in [-0.05, 0) is 54.5 Å². The number of anilines is 1. The lowest BCUT2D eigenvalue weighted by molar-refractivity contribution is -0.140. The zero-order chi connectivity index (χ0) is 31.1. The third kappa shape index (κ3) is 9.18. The van der Waals surface area contributed by atoms with Gasteiger partial charge < -0.3 is 10.2 Å². The average Bonchev–Trinajstić information content (AvgIpc) is 2.93. The second-order valence-electron chi connectivity index (χ2n) is 12.1. The average molecular weight is 592 g/mol. The van der Waals surface area contributed by atoms with Crippen molar-refractivity contribution in [1.29, 1.82) is 0 Å². The van der Waals surface area contributed by atoms with Crippen LogP contribution in [0.4, 0.5) is 5.69 Å². The molecule has 3 aromatic carbocycles. The maximum absolute atomic E-state index is 14.2. The molecule has 0 aromatic heterocycles. The highest BCUT2D eigenvalue weighted by Crippen LogP contribution is 2.26. The first kappa shape index (κ1) is 32.9. The Kier molecular flexibility index (Phi) is 11.0. The van der Waals surface area contributed by atoms with Crippen LogP contribution in [0.1, 0.15) is 63.3 Å². The number of sulfonamides is 1. The molecule has 3 aromatic rings. The quantitative estimate of drug-likeness (QED) is 0.297. The number of nitrogens with one attached hydrogen (secondary N) is 1. The van der Waals surface area contributed by atoms with E-state index in [2.05, 4.69) is 26.1 Å². The molecule has 0 aliphatic carbocycles. The van der Waals surface area contributed by atoms with Gasteiger partial charge in [-0.2, -0.15) is 0 Å². The number of benzene rings is 3. The molecule has 0 saturated heterocycles. The predicted octanol–water partition coefficient (Wildman–Crippen LogP) is 5.61. The highest BCUT2D eigenvalue weighted by Gasteiger charge is 2.33. The Bertz CT molecular complexity index is 1450. The molecule has 2 amide bonds. The zero-order valence-electron chi connectivity index (χ0n) is 25.9. The van der Waals surface area contributed by atoms with Gasteiger partial charge in [0.25, 0.3) is 0 Å². The Hall–Kier alpha value is -3.65. The fourth-order valence-corrected chi connectivity index (χ4v) is 5.59. The Morgan fingerprint density at radius 1 is 0.905 bits per heavy atom. The first-order chi connectivity index (χ1) is 19.7. The molecule has 1 N–H and O–H groups in total. The minimum Gasteiger partial charge on any atom is -0.352 e. The summed E-state index contributed by atoms with van der Waals surface area (Å²) >= 11 is 0. The second kappa shape index (κ2) is 14.0. The maximum atomic E-state index is 14.2. The van der Waals surface area contributed by atoms with Crippen molar-refractivity contribution in [1.82, 2.24) is 10.2 Å². The van der Waals surface area contributed by atoms with Gasteiger partial charge >= 0.3 is 0 Å². The molecule has 7 nitrogen and oxygen atoms in total. The van der Waals surface area contributed by atoms with E-state index in [0.717, 1.165) is 39.2 Å². The molecular formula is C34H45N3O4S. The molecule has 2 atom stereocenters. The summed E-state index contributed by atoms with van der Waals surface area (Å²) in [5, 5.41) is 3.05. The molecule has 0 saturated carbocycles. The molecule has 0 unspecified atom stereocenters. The zero-order valence-corrected chi connectivity index (χ0v) is 26.7. The van der Waals surface area contributed by atoms with E-state index in [1.165, 1.54) is 4.90 Å². The van der Waals surface area contributed by atoms with Crippen LogP contribution in [0.5, 0.6) is 0 Å². The molecule has 226 valence electrons. The van der Waals surface area contributed by atoms with Crippen LogP contribution in [0.25, 0.3) is 0 Å². The van der Waals surface area contributed by atoms with Crippen LogP contribution < -0.4 is 9.62 Å². The fraction of sp³-hybridized carbons (Fsp3) is 0.412. The van der Waals surface area contributed by atoms with Crippen molar-refractivity contribution in [3.63, 3.8) is 0 Å². The van der Waals surface area contributed by atoms with Gasteiger partial charge in [-0.3, -0.25) is 13.9 Å². The highest BCUT2D eigenvalue weighted by molar-refractivity contribution is 7.92. The van der Waals surface area contributed by atoms with Crippen molar-refractivity contribution < 1.29 is 18.0 Å². The molecule has 3 rings (SSSR count). The van der Waals surface area contributed by atoms with Gasteiger partial charge in [0, 0.05) is 19.0 Å². The number of rotatable bonds is 12. The van der Waals surface area contributed by atoms with Crippen LogP contribution in [0, 0.1) is 6.92 Å². The normalized spacial score (nSPS) is 13.2. The fourth-order valence-electron chi connectivity index (χ4n) is 4.74. The Morgan fingerprint density at radius 2 is 1.52 bits per heavy atom. The topological polar surface area (TPSA) is 86.8 Å². The monoisotopic (exact) mass is 591 g/mol. The maximum Gasteiger partial charge on any atom is 0.244 e. The lowest BCUT2D eigenvalue weighted by Crippen LogP contribution is -2.54. The van der Waals surface area contributed by atoms with Gasteiger partial charge in [-0.1, -0.05) is 100.0 Å². The number of amides is 2. The summed E-state index contributed by atoms with van der Waals surface area (Å²) in [4.78, 5) is 29.5. The van der Waals surface area contributed by atoms with E-state index in [0.29, 0.717) is 12.1 Å². The van der Waals surface area contributed by atoms with Crippen LogP contribution in [0.3, 0.4) is 0 Å². The number of aryl methyl sites for hydroxylation is 1. The highest BCUT2D eigenvalue weighted by atomic mass is 32.2. The van der Waals surface area contributed by atoms with Crippen LogP contribution in [0.2, 0.25) is 0 Å². The molecule has 8 heteroatoms. The summed E-state index contributed by atoms with van der Waals surface area (Å²) in [7, 11) is -3.82. The lowest BCUT2D eigenvalue weighted by atomic mass is 9.87. The summed E-state index contributed by atoms with van der Waals surface area (Å²) in [5.41, 5.74) is 4.14. The Labute approximate surface area is 252 Å². The third-order valence-corrected chi connectivity index (χ3v) is 8.55. The van der Waals surface area contributed by atoms with Gasteiger partial charge in [0.1, 0.15) is 12.6 Å². The molecule has 0 heterocycles. The molecular weight excluding hydrogens is 546 g/mol. The molecule has 0 bridgehead atoms. The first-order valence-electron chi connectivity index (χ1n) is 14.5. The summed E-state index contributed by atoms with van der Waals surface area (Å²) in [5.74, 6) is -0.725. The van der Waals surface area contributed by atoms with E-state index < -0.39 is 28.5 Å². The van der Waals surface area contributed by atoms with E-state index in [-0.39, 0.29) is 23.9 Å². The van der Waals surface area contributed by atoms with E-state index in [1.807, 2.05) is 87.5 Å². The molecule has 42 heavy (non-hydrogen) atoms. The van der Waals surface area contributed by atoms with Crippen LogP contribution in [-0.2, 0) is 38.0 Å². The van der Waals surface area contributed by atoms with Gasteiger partial charge in [-0.25, -0.2) is 8.42 Å². The minimum atomic E-state index is -3.82. The van der Waals surface area contributed by atoms with E-state index in [9.17, 15) is 18.0 Å². The number of carbonyl (C=O) groups is 2. The van der Waals surface area contributed by atoms with Gasteiger partial charge in [0.2, 0.25) is 21.8 Å². The minimum absolute atomic E-state index is 0.0828. The molecule has 0 aliphatic heterocycles. The van der Waals surface area contributed by atoms with E-state index in [4.69, 9.17) is 0 Å². The van der Waals surface area contributed by atoms with Crippen molar-refractivity contribution >= 4 is 27.5 Å². The summed E-state index contributed by atoms with van der Waals surface area (Å²) in [6.45, 7) is 11.9. The lowest BCUT2D eigenvalue weighted by Gasteiger charge is -2.34. The summed E-state index contributed by atoms with van der Waals surface area (Å²) < 4.78 is 27.2. The summed E-state index contributed by atoms with van der Waals surface area (Å²) in [6.07, 6.45) is 2.13.